The molecule has 1 unspecified atom stereocenters. The first-order valence-corrected chi connectivity index (χ1v) is 11.7. The number of hydrogen-bond donors (Lipinski definition) is 1. The third-order valence-electron chi connectivity index (χ3n) is 10.3. The molecule has 7 heteroatoms. The molecule has 6 rings (SSSR count). The lowest BCUT2D eigenvalue weighted by Crippen LogP contribution is -2.50. The van der Waals surface area contributed by atoms with E-state index in [0.29, 0.717) is 23.7 Å². The maximum atomic E-state index is 14.4. The van der Waals surface area contributed by atoms with Gasteiger partial charge in [0.05, 0.1) is 18.3 Å². The maximum absolute atomic E-state index is 14.4. The van der Waals surface area contributed by atoms with Crippen LogP contribution < -0.4 is 0 Å². The highest BCUT2D eigenvalue weighted by atomic mass is 19.3. The van der Waals surface area contributed by atoms with Gasteiger partial charge in [-0.15, -0.1) is 0 Å². The van der Waals surface area contributed by atoms with Crippen molar-refractivity contribution < 1.29 is 18.7 Å². The molecule has 30 heavy (non-hydrogen) atoms. The van der Waals surface area contributed by atoms with Crippen molar-refractivity contribution in [1.82, 2.24) is 15.0 Å². The van der Waals surface area contributed by atoms with Crippen LogP contribution in [0.4, 0.5) is 8.78 Å². The standard InChI is InChI=1S/C23H31F2N3O2/c1-21-8-6-13-14-7-9-22(30)20(23(22,24)25)16(14)3-2-15(13)17(21)4-5-18(21)19(29)12-28-26-10-11-27-28/h10-11,13-18,20,30H,2-9,12H2,1H3/t13-,14-,15-,16+,17+,18-,20?,21+,22-/m1/s1. The lowest BCUT2D eigenvalue weighted by Gasteiger charge is -2.55. The average molecular weight is 420 g/mol. The van der Waals surface area contributed by atoms with Crippen LogP contribution in [0.25, 0.3) is 0 Å². The summed E-state index contributed by atoms with van der Waals surface area (Å²) in [5.41, 5.74) is -1.70. The van der Waals surface area contributed by atoms with Gasteiger partial charge in [-0.1, -0.05) is 6.92 Å². The molecular formula is C23H31F2N3O2. The van der Waals surface area contributed by atoms with Crippen molar-refractivity contribution in [2.24, 2.45) is 46.8 Å². The lowest BCUT2D eigenvalue weighted by atomic mass is 9.49. The zero-order valence-electron chi connectivity index (χ0n) is 17.5. The van der Waals surface area contributed by atoms with Gasteiger partial charge in [-0.2, -0.15) is 15.0 Å². The molecular weight excluding hydrogens is 388 g/mol. The van der Waals surface area contributed by atoms with E-state index in [9.17, 15) is 18.7 Å². The van der Waals surface area contributed by atoms with E-state index in [1.807, 2.05) is 0 Å². The molecule has 0 radical (unpaired) electrons. The summed E-state index contributed by atoms with van der Waals surface area (Å²) in [7, 11) is 0. The molecule has 5 nitrogen and oxygen atoms in total. The second kappa shape index (κ2) is 6.11. The number of rotatable bonds is 3. The molecule has 5 aliphatic rings. The predicted octanol–water partition coefficient (Wildman–Crippen LogP) is 3.72. The third kappa shape index (κ3) is 2.33. The molecule has 0 aromatic carbocycles. The van der Waals surface area contributed by atoms with Gasteiger partial charge in [0.15, 0.2) is 5.78 Å². The zero-order valence-corrected chi connectivity index (χ0v) is 17.5. The van der Waals surface area contributed by atoms with Gasteiger partial charge in [-0.25, -0.2) is 8.78 Å². The fourth-order valence-corrected chi connectivity index (χ4v) is 8.93. The van der Waals surface area contributed by atoms with Crippen molar-refractivity contribution in [3.8, 4) is 0 Å². The molecule has 1 aromatic rings. The number of Topliss-reactive ketones (excluding diaryl/α,β-unsaturated/α-hetero) is 1. The lowest BCUT2D eigenvalue weighted by molar-refractivity contribution is -0.132. The quantitative estimate of drug-likeness (QED) is 0.811. The molecule has 1 N–H and O–H groups in total. The Labute approximate surface area is 175 Å². The number of alkyl halides is 2. The topological polar surface area (TPSA) is 68.0 Å². The second-order valence-electron chi connectivity index (χ2n) is 11.1. The van der Waals surface area contributed by atoms with Crippen molar-refractivity contribution in [3.63, 3.8) is 0 Å². The first kappa shape index (κ1) is 19.3. The fraction of sp³-hybridized carbons (Fsp3) is 0.870. The van der Waals surface area contributed by atoms with Crippen LogP contribution >= 0.6 is 0 Å². The Hall–Kier alpha value is -1.37. The summed E-state index contributed by atoms with van der Waals surface area (Å²) in [5.74, 6) is -1.54. The summed E-state index contributed by atoms with van der Waals surface area (Å²) in [6.45, 7) is 2.55. The molecule has 5 saturated carbocycles. The van der Waals surface area contributed by atoms with Gasteiger partial charge >= 0.3 is 0 Å². The Morgan fingerprint density at radius 3 is 2.43 bits per heavy atom. The summed E-state index contributed by atoms with van der Waals surface area (Å²) in [5, 5.41) is 18.6. The summed E-state index contributed by atoms with van der Waals surface area (Å²) >= 11 is 0. The van der Waals surface area contributed by atoms with Crippen LogP contribution in [0.3, 0.4) is 0 Å². The normalized spacial score (nSPS) is 50.7. The van der Waals surface area contributed by atoms with Gasteiger partial charge in [0, 0.05) is 5.92 Å². The Morgan fingerprint density at radius 1 is 1.00 bits per heavy atom. The van der Waals surface area contributed by atoms with Gasteiger partial charge in [0.2, 0.25) is 0 Å². The minimum Gasteiger partial charge on any atom is -0.383 e. The fourth-order valence-electron chi connectivity index (χ4n) is 8.93. The third-order valence-corrected chi connectivity index (χ3v) is 10.3. The molecule has 0 aliphatic heterocycles. The van der Waals surface area contributed by atoms with Crippen molar-refractivity contribution >= 4 is 5.78 Å². The van der Waals surface area contributed by atoms with E-state index in [1.165, 1.54) is 4.80 Å². The predicted molar refractivity (Wildman–Crippen MR) is 104 cm³/mol. The minimum absolute atomic E-state index is 0.0111. The van der Waals surface area contributed by atoms with Crippen LogP contribution in [-0.4, -0.2) is 37.4 Å². The molecule has 0 spiro atoms. The molecule has 0 bridgehead atoms. The van der Waals surface area contributed by atoms with Crippen molar-refractivity contribution in [2.75, 3.05) is 0 Å². The molecule has 0 amide bonds. The first-order chi connectivity index (χ1) is 14.3. The van der Waals surface area contributed by atoms with E-state index < -0.39 is 17.4 Å². The average Bonchev–Trinajstić information content (AvgIpc) is 3.13. The maximum Gasteiger partial charge on any atom is 0.282 e. The molecule has 1 heterocycles. The Morgan fingerprint density at radius 2 is 1.67 bits per heavy atom. The number of aromatic nitrogens is 3. The van der Waals surface area contributed by atoms with E-state index in [4.69, 9.17) is 0 Å². The summed E-state index contributed by atoms with van der Waals surface area (Å²) in [6, 6.07) is 0. The van der Waals surface area contributed by atoms with Crippen LogP contribution in [0, 0.1) is 46.8 Å². The molecule has 5 aliphatic carbocycles. The van der Waals surface area contributed by atoms with Gasteiger partial charge < -0.3 is 5.11 Å². The van der Waals surface area contributed by atoms with Crippen molar-refractivity contribution in [3.05, 3.63) is 12.4 Å². The molecule has 5 fully saturated rings. The van der Waals surface area contributed by atoms with Crippen LogP contribution in [0.2, 0.25) is 0 Å². The highest BCUT2D eigenvalue weighted by Crippen LogP contribution is 2.73. The van der Waals surface area contributed by atoms with Gasteiger partial charge in [0.25, 0.3) is 5.92 Å². The van der Waals surface area contributed by atoms with Gasteiger partial charge in [0.1, 0.15) is 12.1 Å². The number of fused-ring (bicyclic) bond motifs is 7. The summed E-state index contributed by atoms with van der Waals surface area (Å²) < 4.78 is 28.7. The van der Waals surface area contributed by atoms with Crippen molar-refractivity contribution in [2.45, 2.75) is 76.4 Å². The highest BCUT2D eigenvalue weighted by Gasteiger charge is 2.84. The largest absolute Gasteiger partial charge is 0.383 e. The number of ketones is 1. The van der Waals surface area contributed by atoms with E-state index in [0.717, 1.165) is 44.9 Å². The number of nitrogens with zero attached hydrogens (tertiary/aromatic N) is 3. The number of halogens is 2. The molecule has 164 valence electrons. The summed E-state index contributed by atoms with van der Waals surface area (Å²) in [4.78, 5) is 14.6. The van der Waals surface area contributed by atoms with Gasteiger partial charge in [-0.05, 0) is 86.4 Å². The van der Waals surface area contributed by atoms with Crippen molar-refractivity contribution in [1.29, 1.82) is 0 Å². The second-order valence-corrected chi connectivity index (χ2v) is 11.1. The summed E-state index contributed by atoms with van der Waals surface area (Å²) in [6.07, 6.45) is 10.1. The number of hydrogen-bond acceptors (Lipinski definition) is 4. The van der Waals surface area contributed by atoms with Crippen LogP contribution in [0.15, 0.2) is 12.4 Å². The van der Waals surface area contributed by atoms with Crippen LogP contribution in [0.1, 0.15) is 58.3 Å². The van der Waals surface area contributed by atoms with E-state index in [1.54, 1.807) is 12.4 Å². The molecule has 9 atom stereocenters. The zero-order chi connectivity index (χ0) is 20.9. The number of carbonyl (C=O) groups excluding carboxylic acids is 1. The Bertz CT molecular complexity index is 861. The molecule has 1 aromatic heterocycles. The van der Waals surface area contributed by atoms with E-state index >= 15 is 0 Å². The highest BCUT2D eigenvalue weighted by molar-refractivity contribution is 5.81. The van der Waals surface area contributed by atoms with Crippen LogP contribution in [0.5, 0.6) is 0 Å². The molecule has 0 saturated heterocycles. The minimum atomic E-state index is -2.88. The van der Waals surface area contributed by atoms with Gasteiger partial charge in [-0.3, -0.25) is 4.79 Å². The number of carbonyl (C=O) groups is 1. The van der Waals surface area contributed by atoms with Crippen LogP contribution in [-0.2, 0) is 11.3 Å². The first-order valence-electron chi connectivity index (χ1n) is 11.7. The Kier molecular flexibility index (Phi) is 3.94. The van der Waals surface area contributed by atoms with E-state index in [2.05, 4.69) is 17.1 Å². The monoisotopic (exact) mass is 419 g/mol. The Balaban J connectivity index is 1.21. The smallest absolute Gasteiger partial charge is 0.282 e. The SMILES string of the molecule is C[C@]12CC[C@@H]3[C@H]4CC[C@@]5(O)C([C@H]4CC[C@H]3[C@@H]1CC[C@@H]2C(=O)Cn1nccn1)C5(F)F. The van der Waals surface area contributed by atoms with E-state index in [-0.39, 0.29) is 36.0 Å². The number of aliphatic hydroxyl groups is 1.